The van der Waals surface area contributed by atoms with E-state index in [0.29, 0.717) is 35.9 Å². The summed E-state index contributed by atoms with van der Waals surface area (Å²) in [7, 11) is 0. The summed E-state index contributed by atoms with van der Waals surface area (Å²) < 4.78 is 21.6. The predicted octanol–water partition coefficient (Wildman–Crippen LogP) is 2.93. The highest BCUT2D eigenvalue weighted by molar-refractivity contribution is 5.75. The van der Waals surface area contributed by atoms with E-state index in [-0.39, 0.29) is 42.8 Å². The van der Waals surface area contributed by atoms with E-state index in [1.54, 1.807) is 0 Å². The molecule has 152 valence electrons. The van der Waals surface area contributed by atoms with Crippen LogP contribution >= 0.6 is 0 Å². The molecule has 4 saturated carbocycles. The van der Waals surface area contributed by atoms with Crippen LogP contribution in [-0.2, 0) is 28.5 Å². The summed E-state index contributed by atoms with van der Waals surface area (Å²) >= 11 is 0. The molecule has 6 heteroatoms. The van der Waals surface area contributed by atoms with Crippen LogP contribution in [0.4, 0.5) is 0 Å². The first-order chi connectivity index (χ1) is 13.2. The third-order valence-electron chi connectivity index (χ3n) is 7.20. The van der Waals surface area contributed by atoms with Gasteiger partial charge >= 0.3 is 11.9 Å². The molecule has 0 spiro atoms. The molecule has 27 heavy (non-hydrogen) atoms. The van der Waals surface area contributed by atoms with Crippen molar-refractivity contribution in [2.45, 2.75) is 77.8 Å². The quantitative estimate of drug-likeness (QED) is 0.424. The highest BCUT2D eigenvalue weighted by atomic mass is 16.7. The van der Waals surface area contributed by atoms with Gasteiger partial charge < -0.3 is 18.9 Å². The molecule has 10 atom stereocenters. The first-order valence-electron chi connectivity index (χ1n) is 10.8. The van der Waals surface area contributed by atoms with Gasteiger partial charge in [-0.3, -0.25) is 9.59 Å². The van der Waals surface area contributed by atoms with Crippen molar-refractivity contribution < 1.29 is 28.5 Å². The second kappa shape index (κ2) is 7.36. The molecule has 6 nitrogen and oxygen atoms in total. The highest BCUT2D eigenvalue weighted by Crippen LogP contribution is 2.60. The van der Waals surface area contributed by atoms with Gasteiger partial charge in [0, 0.05) is 11.8 Å². The van der Waals surface area contributed by atoms with Crippen molar-refractivity contribution in [2.24, 2.45) is 35.5 Å². The van der Waals surface area contributed by atoms with Crippen LogP contribution < -0.4 is 0 Å². The van der Waals surface area contributed by atoms with Crippen LogP contribution in [0.1, 0.15) is 53.4 Å². The maximum atomic E-state index is 12.2. The highest BCUT2D eigenvalue weighted by Gasteiger charge is 2.66. The van der Waals surface area contributed by atoms with Crippen molar-refractivity contribution in [1.82, 2.24) is 0 Å². The lowest BCUT2D eigenvalue weighted by molar-refractivity contribution is -0.174. The molecule has 10 unspecified atom stereocenters. The van der Waals surface area contributed by atoms with Gasteiger partial charge in [-0.25, -0.2) is 0 Å². The lowest BCUT2D eigenvalue weighted by Gasteiger charge is -2.20. The van der Waals surface area contributed by atoms with Crippen molar-refractivity contribution in [3.05, 3.63) is 0 Å². The van der Waals surface area contributed by atoms with Gasteiger partial charge in [0.1, 0.15) is 0 Å². The molecule has 0 amide bonds. The van der Waals surface area contributed by atoms with Crippen LogP contribution in [0.5, 0.6) is 0 Å². The molecular weight excluding hydrogens is 348 g/mol. The summed E-state index contributed by atoms with van der Waals surface area (Å²) in [5, 5.41) is 0. The molecule has 0 aromatic carbocycles. The number of carbonyl (C=O) groups is 2. The van der Waals surface area contributed by atoms with E-state index < -0.39 is 0 Å². The summed E-state index contributed by atoms with van der Waals surface area (Å²) in [4.78, 5) is 24.4. The van der Waals surface area contributed by atoms with E-state index in [9.17, 15) is 9.59 Å². The zero-order valence-electron chi connectivity index (χ0n) is 16.8. The van der Waals surface area contributed by atoms with Gasteiger partial charge in [0.25, 0.3) is 0 Å². The van der Waals surface area contributed by atoms with Gasteiger partial charge in [0.15, 0.2) is 0 Å². The van der Waals surface area contributed by atoms with Crippen molar-refractivity contribution >= 4 is 11.9 Å². The van der Waals surface area contributed by atoms with Crippen LogP contribution in [0, 0.1) is 35.5 Å². The molecule has 4 aliphatic carbocycles. The number of ether oxygens (including phenoxy) is 4. The molecule has 2 saturated heterocycles. The Hall–Kier alpha value is -1.14. The third kappa shape index (κ3) is 3.09. The monoisotopic (exact) mass is 380 g/mol. The van der Waals surface area contributed by atoms with Crippen LogP contribution in [-0.4, -0.2) is 43.1 Å². The first-order valence-corrected chi connectivity index (χ1v) is 10.8. The Morgan fingerprint density at radius 2 is 1.11 bits per heavy atom. The van der Waals surface area contributed by atoms with Gasteiger partial charge in [0.2, 0.25) is 6.79 Å². The second-order valence-electron chi connectivity index (χ2n) is 8.18. The van der Waals surface area contributed by atoms with Gasteiger partial charge in [-0.15, -0.1) is 0 Å². The van der Waals surface area contributed by atoms with Crippen LogP contribution in [0.15, 0.2) is 0 Å². The fraction of sp³-hybridized carbons (Fsp3) is 0.905. The van der Waals surface area contributed by atoms with Crippen LogP contribution in [0.3, 0.4) is 0 Å². The van der Waals surface area contributed by atoms with Gasteiger partial charge in [-0.2, -0.15) is 0 Å². The molecule has 0 N–H and O–H groups in total. The Morgan fingerprint density at radius 1 is 0.704 bits per heavy atom. The van der Waals surface area contributed by atoms with E-state index in [1.807, 2.05) is 27.7 Å². The van der Waals surface area contributed by atoms with Crippen molar-refractivity contribution in [2.75, 3.05) is 6.79 Å². The maximum absolute atomic E-state index is 12.2. The Kier molecular flexibility index (Phi) is 5.23. The number of rotatable bonds is 4. The minimum absolute atomic E-state index is 0.0643. The van der Waals surface area contributed by atoms with E-state index in [0.717, 1.165) is 25.7 Å². The minimum atomic E-state index is -0.247. The van der Waals surface area contributed by atoms with Gasteiger partial charge in [-0.05, 0) is 37.5 Å². The normalized spacial score (nSPS) is 48.3. The molecule has 6 aliphatic rings. The standard InChI is InChI=1S/C17H20O6.2C2H6/c18-16(10-3-6-1-8(10)14-12(6)22-14)20-5-21-17(19)11-4-7-2-9(11)15-13(7)23-15;2*1-2/h6-15H,1-5H2;2*1-2H3. The minimum Gasteiger partial charge on any atom is -0.428 e. The molecule has 2 heterocycles. The molecule has 6 rings (SSSR count). The number of hydrogen-bond acceptors (Lipinski definition) is 6. The number of hydrogen-bond donors (Lipinski definition) is 0. The molecule has 2 aliphatic heterocycles. The third-order valence-corrected chi connectivity index (χ3v) is 7.20. The second-order valence-corrected chi connectivity index (χ2v) is 8.18. The number of carbonyl (C=O) groups excluding carboxylic acids is 2. The topological polar surface area (TPSA) is 77.7 Å². The van der Waals surface area contributed by atoms with Crippen LogP contribution in [0.2, 0.25) is 0 Å². The molecule has 0 aromatic heterocycles. The van der Waals surface area contributed by atoms with Crippen molar-refractivity contribution in [3.63, 3.8) is 0 Å². The molecule has 4 bridgehead atoms. The molecule has 0 aromatic rings. The Labute approximate surface area is 161 Å². The van der Waals surface area contributed by atoms with Crippen molar-refractivity contribution in [3.8, 4) is 0 Å². The summed E-state index contributed by atoms with van der Waals surface area (Å²) in [6.07, 6.45) is 5.30. The Morgan fingerprint density at radius 3 is 1.44 bits per heavy atom. The lowest BCUT2D eigenvalue weighted by Crippen LogP contribution is -2.30. The first kappa shape index (κ1) is 19.2. The average Bonchev–Trinajstić information content (AvgIpc) is 3.54. The fourth-order valence-corrected chi connectivity index (χ4v) is 6.11. The summed E-state index contributed by atoms with van der Waals surface area (Å²) in [6.45, 7) is 7.75. The van der Waals surface area contributed by atoms with Gasteiger partial charge in [-0.1, -0.05) is 27.7 Å². The zero-order chi connectivity index (χ0) is 19.3. The number of esters is 2. The maximum Gasteiger partial charge on any atom is 0.312 e. The Balaban J connectivity index is 0.000000425. The lowest BCUT2D eigenvalue weighted by atomic mass is 9.89. The number of fused-ring (bicyclic) bond motifs is 10. The van der Waals surface area contributed by atoms with Crippen LogP contribution in [0.25, 0.3) is 0 Å². The SMILES string of the molecule is CC.CC.O=C(OCOC(=O)C1CC2CC1C1OC21)C1CC2CC1C1OC21. The van der Waals surface area contributed by atoms with Crippen molar-refractivity contribution in [1.29, 1.82) is 0 Å². The molecular formula is C21H32O6. The smallest absolute Gasteiger partial charge is 0.312 e. The summed E-state index contributed by atoms with van der Waals surface area (Å²) in [5.74, 6) is 1.13. The largest absolute Gasteiger partial charge is 0.428 e. The summed E-state index contributed by atoms with van der Waals surface area (Å²) in [5.41, 5.74) is 0. The average molecular weight is 380 g/mol. The Bertz CT molecular complexity index is 541. The molecule has 0 radical (unpaired) electrons. The van der Waals surface area contributed by atoms with E-state index in [1.165, 1.54) is 0 Å². The number of epoxide rings is 2. The van der Waals surface area contributed by atoms with Gasteiger partial charge in [0.05, 0.1) is 36.3 Å². The van der Waals surface area contributed by atoms with E-state index >= 15 is 0 Å². The predicted molar refractivity (Wildman–Crippen MR) is 96.5 cm³/mol. The zero-order valence-corrected chi connectivity index (χ0v) is 16.8. The fourth-order valence-electron chi connectivity index (χ4n) is 6.11. The van der Waals surface area contributed by atoms with E-state index in [2.05, 4.69) is 0 Å². The molecule has 6 fully saturated rings. The summed E-state index contributed by atoms with van der Waals surface area (Å²) in [6, 6.07) is 0. The van der Waals surface area contributed by atoms with E-state index in [4.69, 9.17) is 18.9 Å².